The summed E-state index contributed by atoms with van der Waals surface area (Å²) >= 11 is 0. The van der Waals surface area contributed by atoms with E-state index in [2.05, 4.69) is 11.0 Å². The summed E-state index contributed by atoms with van der Waals surface area (Å²) in [4.78, 5) is 49.5. The van der Waals surface area contributed by atoms with E-state index in [0.717, 1.165) is 49.6 Å². The van der Waals surface area contributed by atoms with E-state index < -0.39 is 29.3 Å². The van der Waals surface area contributed by atoms with Gasteiger partial charge in [0.2, 0.25) is 11.8 Å². The fourth-order valence-corrected chi connectivity index (χ4v) is 5.73. The minimum atomic E-state index is -1.43. The van der Waals surface area contributed by atoms with Crippen LogP contribution in [-0.4, -0.2) is 53.3 Å². The van der Waals surface area contributed by atoms with E-state index in [1.54, 1.807) is 0 Å². The number of pyridine rings is 1. The van der Waals surface area contributed by atoms with Crippen LogP contribution in [-0.2, 0) is 22.4 Å². The summed E-state index contributed by atoms with van der Waals surface area (Å²) in [6, 6.07) is 16.8. The van der Waals surface area contributed by atoms with Gasteiger partial charge in [0.25, 0.3) is 0 Å². The van der Waals surface area contributed by atoms with E-state index in [4.69, 9.17) is 4.98 Å². The molecule has 6 rings (SSSR count). The quantitative estimate of drug-likeness (QED) is 0.517. The zero-order chi connectivity index (χ0) is 22.2. The Kier molecular flexibility index (Phi) is 3.79. The first-order chi connectivity index (χ1) is 15.4. The topological polar surface area (TPSA) is 73.8 Å². The van der Waals surface area contributed by atoms with Gasteiger partial charge < -0.3 is 4.90 Å². The fourth-order valence-electron chi connectivity index (χ4n) is 5.73. The molecule has 0 N–H and O–H groups in total. The summed E-state index contributed by atoms with van der Waals surface area (Å²) in [5.41, 5.74) is 2.39. The van der Waals surface area contributed by atoms with Crippen molar-refractivity contribution in [1.82, 2.24) is 14.8 Å². The average Bonchev–Trinajstić information content (AvgIpc) is 2.83. The van der Waals surface area contributed by atoms with Crippen LogP contribution in [0.1, 0.15) is 22.7 Å². The second kappa shape index (κ2) is 6.38. The van der Waals surface area contributed by atoms with Gasteiger partial charge in [-0.05, 0) is 35.2 Å². The van der Waals surface area contributed by atoms with Crippen molar-refractivity contribution in [2.45, 2.75) is 18.9 Å². The molecule has 0 bridgehead atoms. The SMILES string of the molecule is CN1C(=O)N(C)C(=O)C2(Cc3cc4ccccc4nc3N3CCc4ccccc4[C@@H]32)C1=O. The molecule has 2 aromatic carbocycles. The Bertz CT molecular complexity index is 1310. The molecule has 0 aliphatic carbocycles. The molecule has 4 heterocycles. The van der Waals surface area contributed by atoms with Crippen molar-refractivity contribution in [2.24, 2.45) is 5.41 Å². The predicted molar refractivity (Wildman–Crippen MR) is 119 cm³/mol. The Morgan fingerprint density at radius 1 is 0.906 bits per heavy atom. The zero-order valence-electron chi connectivity index (χ0n) is 17.9. The Balaban J connectivity index is 1.66. The predicted octanol–water partition coefficient (Wildman–Crippen LogP) is 2.93. The first kappa shape index (κ1) is 19.0. The summed E-state index contributed by atoms with van der Waals surface area (Å²) in [6.07, 6.45) is 0.999. The van der Waals surface area contributed by atoms with Crippen molar-refractivity contribution in [1.29, 1.82) is 0 Å². The van der Waals surface area contributed by atoms with Gasteiger partial charge in [0, 0.05) is 32.4 Å². The molecule has 0 unspecified atom stereocenters. The highest BCUT2D eigenvalue weighted by Gasteiger charge is 2.64. The number of barbiturate groups is 1. The number of fused-ring (bicyclic) bond motifs is 7. The van der Waals surface area contributed by atoms with Crippen molar-refractivity contribution < 1.29 is 14.4 Å². The normalized spacial score (nSPS) is 21.6. The highest BCUT2D eigenvalue weighted by molar-refractivity contribution is 6.20. The van der Waals surface area contributed by atoms with Crippen LogP contribution in [0.4, 0.5) is 10.6 Å². The number of urea groups is 1. The van der Waals surface area contributed by atoms with Gasteiger partial charge in [-0.15, -0.1) is 0 Å². The van der Waals surface area contributed by atoms with E-state index in [1.807, 2.05) is 48.5 Å². The summed E-state index contributed by atoms with van der Waals surface area (Å²) in [5.74, 6) is -0.0798. The smallest absolute Gasteiger partial charge is 0.332 e. The molecule has 3 aromatic rings. The highest BCUT2D eigenvalue weighted by atomic mass is 16.2. The van der Waals surface area contributed by atoms with Gasteiger partial charge in [-0.1, -0.05) is 42.5 Å². The van der Waals surface area contributed by atoms with Crippen LogP contribution in [0.3, 0.4) is 0 Å². The molecule has 1 saturated heterocycles. The maximum atomic E-state index is 13.8. The monoisotopic (exact) mass is 426 g/mol. The maximum Gasteiger partial charge on any atom is 0.332 e. The van der Waals surface area contributed by atoms with E-state index in [1.165, 1.54) is 14.1 Å². The minimum absolute atomic E-state index is 0.204. The lowest BCUT2D eigenvalue weighted by atomic mass is 9.64. The molecule has 1 atom stereocenters. The lowest BCUT2D eigenvalue weighted by Crippen LogP contribution is -2.69. The average molecular weight is 426 g/mol. The van der Waals surface area contributed by atoms with E-state index in [9.17, 15) is 14.4 Å². The second-order valence-electron chi connectivity index (χ2n) is 8.87. The Morgan fingerprint density at radius 3 is 2.38 bits per heavy atom. The number of para-hydroxylation sites is 1. The summed E-state index contributed by atoms with van der Waals surface area (Å²) in [6.45, 7) is 0.643. The van der Waals surface area contributed by atoms with Crippen molar-refractivity contribution in [2.75, 3.05) is 25.5 Å². The Hall–Kier alpha value is -3.74. The van der Waals surface area contributed by atoms with Crippen molar-refractivity contribution in [3.63, 3.8) is 0 Å². The van der Waals surface area contributed by atoms with Gasteiger partial charge in [0.05, 0.1) is 11.6 Å². The number of imide groups is 2. The van der Waals surface area contributed by atoms with Gasteiger partial charge in [0.15, 0.2) is 5.41 Å². The molecule has 7 nitrogen and oxygen atoms in total. The third kappa shape index (κ3) is 2.25. The first-order valence-electron chi connectivity index (χ1n) is 10.8. The minimum Gasteiger partial charge on any atom is -0.347 e. The number of rotatable bonds is 0. The van der Waals surface area contributed by atoms with Crippen LogP contribution in [0.5, 0.6) is 0 Å². The Morgan fingerprint density at radius 2 is 1.59 bits per heavy atom. The number of benzene rings is 2. The number of nitrogens with zero attached hydrogens (tertiary/aromatic N) is 4. The van der Waals surface area contributed by atoms with Crippen LogP contribution in [0.2, 0.25) is 0 Å². The number of amides is 4. The third-order valence-electron chi connectivity index (χ3n) is 7.22. The molecular weight excluding hydrogens is 404 g/mol. The number of hydrogen-bond acceptors (Lipinski definition) is 5. The largest absolute Gasteiger partial charge is 0.347 e. The molecule has 0 radical (unpaired) electrons. The number of anilines is 1. The number of carbonyl (C=O) groups is 3. The van der Waals surface area contributed by atoms with Crippen molar-refractivity contribution in [3.8, 4) is 0 Å². The summed E-state index contributed by atoms with van der Waals surface area (Å²) in [5, 5.41) is 0.964. The lowest BCUT2D eigenvalue weighted by Gasteiger charge is -2.54. The molecular formula is C25H22N4O3. The fraction of sp³-hybridized carbons (Fsp3) is 0.280. The standard InChI is InChI=1S/C25H22N4O3/c1-27-22(30)25(23(31)28(2)24(27)32)14-17-13-16-8-4-6-10-19(16)26-21(17)29-12-11-15-7-3-5-9-18(15)20(25)29/h3-10,13,20H,11-12,14H2,1-2H3/t20-/m1/s1. The molecule has 32 heavy (non-hydrogen) atoms. The Labute approximate surface area is 185 Å². The van der Waals surface area contributed by atoms with E-state index in [0.29, 0.717) is 6.54 Å². The van der Waals surface area contributed by atoms with Gasteiger partial charge in [0.1, 0.15) is 5.82 Å². The first-order valence-corrected chi connectivity index (χ1v) is 10.8. The molecule has 160 valence electrons. The highest BCUT2D eigenvalue weighted by Crippen LogP contribution is 2.54. The molecule has 3 aliphatic rings. The second-order valence-corrected chi connectivity index (χ2v) is 8.87. The van der Waals surface area contributed by atoms with Gasteiger partial charge in [-0.25, -0.2) is 9.78 Å². The van der Waals surface area contributed by atoms with Gasteiger partial charge >= 0.3 is 6.03 Å². The van der Waals surface area contributed by atoms with Crippen LogP contribution < -0.4 is 4.90 Å². The third-order valence-corrected chi connectivity index (χ3v) is 7.22. The van der Waals surface area contributed by atoms with E-state index >= 15 is 0 Å². The number of carbonyl (C=O) groups excluding carboxylic acids is 3. The van der Waals surface area contributed by atoms with E-state index in [-0.39, 0.29) is 6.42 Å². The maximum absolute atomic E-state index is 13.8. The van der Waals surface area contributed by atoms with Crippen molar-refractivity contribution in [3.05, 3.63) is 71.3 Å². The summed E-state index contributed by atoms with van der Waals surface area (Å²) < 4.78 is 0. The van der Waals surface area contributed by atoms with Crippen LogP contribution in [0, 0.1) is 5.41 Å². The zero-order valence-corrected chi connectivity index (χ0v) is 17.9. The molecule has 3 aliphatic heterocycles. The van der Waals surface area contributed by atoms with Crippen LogP contribution in [0.15, 0.2) is 54.6 Å². The number of aromatic nitrogens is 1. The van der Waals surface area contributed by atoms with Crippen molar-refractivity contribution >= 4 is 34.6 Å². The van der Waals surface area contributed by atoms with Crippen LogP contribution >= 0.6 is 0 Å². The molecule has 1 spiro atoms. The molecule has 4 amide bonds. The molecule has 0 saturated carbocycles. The molecule has 1 fully saturated rings. The van der Waals surface area contributed by atoms with Gasteiger partial charge in [-0.2, -0.15) is 0 Å². The molecule has 1 aromatic heterocycles. The number of hydrogen-bond donors (Lipinski definition) is 0. The van der Waals surface area contributed by atoms with Gasteiger partial charge in [-0.3, -0.25) is 19.4 Å². The molecule has 7 heteroatoms. The summed E-state index contributed by atoms with van der Waals surface area (Å²) in [7, 11) is 2.92. The van der Waals surface area contributed by atoms with Crippen LogP contribution in [0.25, 0.3) is 10.9 Å². The lowest BCUT2D eigenvalue weighted by molar-refractivity contribution is -0.159.